The van der Waals surface area contributed by atoms with Crippen LogP contribution in [0.25, 0.3) is 0 Å². The number of carbonyl (C=O) groups is 1. The van der Waals surface area contributed by atoms with E-state index in [2.05, 4.69) is 13.8 Å². The molecule has 0 atom stereocenters. The molecule has 1 aromatic carbocycles. The van der Waals surface area contributed by atoms with E-state index in [0.717, 1.165) is 31.2 Å². The van der Waals surface area contributed by atoms with Gasteiger partial charge in [0.25, 0.3) is 0 Å². The number of carboxylic acid groups (broad SMARTS) is 1. The van der Waals surface area contributed by atoms with Gasteiger partial charge in [0.2, 0.25) is 0 Å². The highest BCUT2D eigenvalue weighted by Gasteiger charge is 2.12. The van der Waals surface area contributed by atoms with Crippen LogP contribution in [0.4, 0.5) is 0 Å². The summed E-state index contributed by atoms with van der Waals surface area (Å²) >= 11 is 0. The standard InChI is InChI=1S/C13H18O2/c1-3-6-10-8-5-9-12(13(14)15)11(10)7-4-2/h5,8-9H,3-4,6-7H2,1-2H3,(H,14,15). The van der Waals surface area contributed by atoms with Gasteiger partial charge in [0.1, 0.15) is 0 Å². The third-order valence-corrected chi connectivity index (χ3v) is 2.52. The van der Waals surface area contributed by atoms with Gasteiger partial charge >= 0.3 is 5.97 Å². The Hall–Kier alpha value is -1.31. The lowest BCUT2D eigenvalue weighted by atomic mass is 9.94. The number of hydrogen-bond donors (Lipinski definition) is 1. The van der Waals surface area contributed by atoms with E-state index in [9.17, 15) is 4.79 Å². The Morgan fingerprint density at radius 1 is 1.20 bits per heavy atom. The van der Waals surface area contributed by atoms with Crippen LogP contribution in [0.2, 0.25) is 0 Å². The summed E-state index contributed by atoms with van der Waals surface area (Å²) in [6, 6.07) is 5.58. The fourth-order valence-corrected chi connectivity index (χ4v) is 1.88. The summed E-state index contributed by atoms with van der Waals surface area (Å²) in [5.74, 6) is -0.809. The van der Waals surface area contributed by atoms with E-state index in [1.807, 2.05) is 12.1 Å². The molecular weight excluding hydrogens is 188 g/mol. The van der Waals surface area contributed by atoms with Crippen molar-refractivity contribution in [3.8, 4) is 0 Å². The lowest BCUT2D eigenvalue weighted by Crippen LogP contribution is -2.05. The maximum absolute atomic E-state index is 11.1. The second kappa shape index (κ2) is 5.54. The van der Waals surface area contributed by atoms with Gasteiger partial charge in [0, 0.05) is 0 Å². The molecule has 1 aromatic rings. The number of benzene rings is 1. The summed E-state index contributed by atoms with van der Waals surface area (Å²) < 4.78 is 0. The molecule has 1 rings (SSSR count). The molecule has 0 aliphatic carbocycles. The zero-order valence-electron chi connectivity index (χ0n) is 9.42. The average molecular weight is 206 g/mol. The van der Waals surface area contributed by atoms with Crippen LogP contribution < -0.4 is 0 Å². The number of aromatic carboxylic acids is 1. The molecule has 0 saturated carbocycles. The van der Waals surface area contributed by atoms with E-state index >= 15 is 0 Å². The number of rotatable bonds is 5. The number of hydrogen-bond acceptors (Lipinski definition) is 1. The quantitative estimate of drug-likeness (QED) is 0.802. The molecule has 1 N–H and O–H groups in total. The summed E-state index contributed by atoms with van der Waals surface area (Å²) in [5, 5.41) is 9.08. The molecule has 82 valence electrons. The first-order valence-electron chi connectivity index (χ1n) is 5.54. The van der Waals surface area contributed by atoms with E-state index in [0.29, 0.717) is 5.56 Å². The molecule has 15 heavy (non-hydrogen) atoms. The third-order valence-electron chi connectivity index (χ3n) is 2.52. The SMILES string of the molecule is CCCc1cccc(C(=O)O)c1CCC. The summed E-state index contributed by atoms with van der Waals surface area (Å²) in [4.78, 5) is 11.1. The van der Waals surface area contributed by atoms with Crippen LogP contribution in [0.5, 0.6) is 0 Å². The Bertz CT molecular complexity index is 342. The molecule has 2 heteroatoms. The van der Waals surface area contributed by atoms with Crippen molar-refractivity contribution >= 4 is 5.97 Å². The van der Waals surface area contributed by atoms with Gasteiger partial charge in [-0.2, -0.15) is 0 Å². The van der Waals surface area contributed by atoms with Crippen molar-refractivity contribution in [2.45, 2.75) is 39.5 Å². The van der Waals surface area contributed by atoms with E-state index in [1.54, 1.807) is 6.07 Å². The first kappa shape index (κ1) is 11.8. The topological polar surface area (TPSA) is 37.3 Å². The number of carboxylic acids is 1. The predicted molar refractivity (Wildman–Crippen MR) is 61.4 cm³/mol. The summed E-state index contributed by atoms with van der Waals surface area (Å²) in [5.41, 5.74) is 2.69. The van der Waals surface area contributed by atoms with Crippen LogP contribution in [-0.2, 0) is 12.8 Å². The molecule has 0 fully saturated rings. The fraction of sp³-hybridized carbons (Fsp3) is 0.462. The highest BCUT2D eigenvalue weighted by molar-refractivity contribution is 5.89. The van der Waals surface area contributed by atoms with Crippen molar-refractivity contribution in [3.63, 3.8) is 0 Å². The fourth-order valence-electron chi connectivity index (χ4n) is 1.88. The first-order chi connectivity index (χ1) is 7.20. The van der Waals surface area contributed by atoms with Crippen LogP contribution in [0, 0.1) is 0 Å². The van der Waals surface area contributed by atoms with Crippen LogP contribution in [0.1, 0.15) is 48.2 Å². The van der Waals surface area contributed by atoms with E-state index in [1.165, 1.54) is 5.56 Å². The third kappa shape index (κ3) is 2.82. The van der Waals surface area contributed by atoms with Crippen molar-refractivity contribution in [2.75, 3.05) is 0 Å². The molecule has 0 aliphatic rings. The van der Waals surface area contributed by atoms with Crippen LogP contribution in [0.15, 0.2) is 18.2 Å². The molecule has 0 bridgehead atoms. The Balaban J connectivity index is 3.15. The molecule has 2 nitrogen and oxygen atoms in total. The summed E-state index contributed by atoms with van der Waals surface area (Å²) in [6.07, 6.45) is 3.87. The molecular formula is C13H18O2. The zero-order chi connectivity index (χ0) is 11.3. The summed E-state index contributed by atoms with van der Waals surface area (Å²) in [7, 11) is 0. The van der Waals surface area contributed by atoms with Gasteiger partial charge in [-0.15, -0.1) is 0 Å². The normalized spacial score (nSPS) is 10.3. The van der Waals surface area contributed by atoms with E-state index < -0.39 is 5.97 Å². The van der Waals surface area contributed by atoms with Gasteiger partial charge in [-0.3, -0.25) is 0 Å². The second-order valence-electron chi connectivity index (χ2n) is 3.75. The minimum atomic E-state index is -0.809. The molecule has 0 heterocycles. The number of aryl methyl sites for hydroxylation is 1. The largest absolute Gasteiger partial charge is 0.478 e. The van der Waals surface area contributed by atoms with Crippen LogP contribution in [-0.4, -0.2) is 11.1 Å². The highest BCUT2D eigenvalue weighted by Crippen LogP contribution is 2.18. The van der Waals surface area contributed by atoms with Crippen molar-refractivity contribution in [1.82, 2.24) is 0 Å². The van der Waals surface area contributed by atoms with Crippen molar-refractivity contribution in [2.24, 2.45) is 0 Å². The Morgan fingerprint density at radius 2 is 1.87 bits per heavy atom. The first-order valence-corrected chi connectivity index (χ1v) is 5.54. The maximum Gasteiger partial charge on any atom is 0.335 e. The smallest absolute Gasteiger partial charge is 0.335 e. The molecule has 0 unspecified atom stereocenters. The lowest BCUT2D eigenvalue weighted by molar-refractivity contribution is 0.0695. The van der Waals surface area contributed by atoms with Crippen LogP contribution in [0.3, 0.4) is 0 Å². The molecule has 0 radical (unpaired) electrons. The van der Waals surface area contributed by atoms with Crippen molar-refractivity contribution in [1.29, 1.82) is 0 Å². The van der Waals surface area contributed by atoms with Crippen molar-refractivity contribution in [3.05, 3.63) is 34.9 Å². The molecule has 0 aliphatic heterocycles. The molecule has 0 saturated heterocycles. The van der Waals surface area contributed by atoms with Crippen LogP contribution >= 0.6 is 0 Å². The Morgan fingerprint density at radius 3 is 2.40 bits per heavy atom. The maximum atomic E-state index is 11.1. The Labute approximate surface area is 90.9 Å². The minimum absolute atomic E-state index is 0.475. The second-order valence-corrected chi connectivity index (χ2v) is 3.75. The average Bonchev–Trinajstić information content (AvgIpc) is 2.21. The van der Waals surface area contributed by atoms with Gasteiger partial charge in [-0.1, -0.05) is 38.8 Å². The van der Waals surface area contributed by atoms with Crippen molar-refractivity contribution < 1.29 is 9.90 Å². The molecule has 0 spiro atoms. The molecule has 0 aromatic heterocycles. The van der Waals surface area contributed by atoms with Gasteiger partial charge in [0.05, 0.1) is 5.56 Å². The molecule has 0 amide bonds. The van der Waals surface area contributed by atoms with E-state index in [-0.39, 0.29) is 0 Å². The van der Waals surface area contributed by atoms with Gasteiger partial charge in [0.15, 0.2) is 0 Å². The van der Waals surface area contributed by atoms with Gasteiger partial charge < -0.3 is 5.11 Å². The Kier molecular flexibility index (Phi) is 4.35. The lowest BCUT2D eigenvalue weighted by Gasteiger charge is -2.10. The summed E-state index contributed by atoms with van der Waals surface area (Å²) in [6.45, 7) is 4.19. The van der Waals surface area contributed by atoms with Gasteiger partial charge in [-0.25, -0.2) is 4.79 Å². The van der Waals surface area contributed by atoms with Gasteiger partial charge in [-0.05, 0) is 30.0 Å². The van der Waals surface area contributed by atoms with E-state index in [4.69, 9.17) is 5.11 Å². The zero-order valence-corrected chi connectivity index (χ0v) is 9.42. The minimum Gasteiger partial charge on any atom is -0.478 e. The monoisotopic (exact) mass is 206 g/mol. The highest BCUT2D eigenvalue weighted by atomic mass is 16.4. The predicted octanol–water partition coefficient (Wildman–Crippen LogP) is 3.29.